The van der Waals surface area contributed by atoms with E-state index in [9.17, 15) is 17.2 Å². The molecule has 8 nitrogen and oxygen atoms in total. The van der Waals surface area contributed by atoms with Crippen LogP contribution in [0.15, 0.2) is 18.5 Å². The molecule has 2 aliphatic rings. The Morgan fingerprint density at radius 3 is 2.82 bits per heavy atom. The molecule has 0 radical (unpaired) electrons. The topological polar surface area (TPSA) is 92.2 Å². The Labute approximate surface area is 162 Å². The van der Waals surface area contributed by atoms with Crippen LogP contribution in [0.2, 0.25) is 0 Å². The number of rotatable bonds is 4. The Balaban J connectivity index is 1.53. The fraction of sp³-hybridized carbons (Fsp3) is 0.647. The molecule has 2 N–H and O–H groups in total. The van der Waals surface area contributed by atoms with Crippen LogP contribution in [0, 0.1) is 0 Å². The smallest absolute Gasteiger partial charge is 0.224 e. The zero-order chi connectivity index (χ0) is 19.9. The first-order valence-corrected chi connectivity index (χ1v) is 11.2. The number of piperidine rings is 2. The molecule has 0 spiro atoms. The Bertz CT molecular complexity index is 952. The van der Waals surface area contributed by atoms with Crippen molar-refractivity contribution in [1.82, 2.24) is 24.2 Å². The van der Waals surface area contributed by atoms with Gasteiger partial charge in [-0.05, 0) is 25.5 Å². The summed E-state index contributed by atoms with van der Waals surface area (Å²) in [5.41, 5.74) is 0.607. The van der Waals surface area contributed by atoms with E-state index < -0.39 is 28.4 Å². The van der Waals surface area contributed by atoms with E-state index >= 15 is 0 Å². The molecule has 0 unspecified atom stereocenters. The third-order valence-corrected chi connectivity index (χ3v) is 6.74. The highest BCUT2D eigenvalue weighted by Gasteiger charge is 2.34. The predicted molar refractivity (Wildman–Crippen MR) is 102 cm³/mol. The number of sulfonamides is 1. The molecule has 2 saturated heterocycles. The number of alkyl halides is 2. The third-order valence-electron chi connectivity index (χ3n) is 5.47. The van der Waals surface area contributed by atoms with Crippen LogP contribution in [-0.4, -0.2) is 78.1 Å². The fourth-order valence-corrected chi connectivity index (χ4v) is 4.75. The molecule has 0 saturated carbocycles. The maximum Gasteiger partial charge on any atom is 0.224 e. The van der Waals surface area contributed by atoms with Gasteiger partial charge >= 0.3 is 0 Å². The van der Waals surface area contributed by atoms with Crippen molar-refractivity contribution < 1.29 is 17.2 Å². The summed E-state index contributed by atoms with van der Waals surface area (Å²) < 4.78 is 55.0. The molecule has 4 rings (SSSR count). The largest absolute Gasteiger partial charge is 0.348 e. The highest BCUT2D eigenvalue weighted by Crippen LogP contribution is 2.27. The Kier molecular flexibility index (Phi) is 5.23. The number of nitrogens with zero attached hydrogens (tertiary/aromatic N) is 4. The van der Waals surface area contributed by atoms with Crippen molar-refractivity contribution in [2.75, 3.05) is 37.8 Å². The Morgan fingerprint density at radius 1 is 1.29 bits per heavy atom. The lowest BCUT2D eigenvalue weighted by Crippen LogP contribution is -2.49. The average Bonchev–Trinajstić information content (AvgIpc) is 3.06. The number of halogens is 2. The molecule has 4 heterocycles. The van der Waals surface area contributed by atoms with Crippen LogP contribution < -0.4 is 10.6 Å². The summed E-state index contributed by atoms with van der Waals surface area (Å²) >= 11 is 0. The second kappa shape index (κ2) is 7.53. The molecule has 2 aliphatic heterocycles. The first-order chi connectivity index (χ1) is 13.3. The lowest BCUT2D eigenvalue weighted by molar-refractivity contribution is 0.186. The van der Waals surface area contributed by atoms with E-state index in [2.05, 4.69) is 20.6 Å². The average molecular weight is 414 g/mol. The standard InChI is InChI=1S/C17H24F2N6O2S/c1-28(26,27)24-6-4-14(13(19)10-24)22-17-21-8-11-3-7-25(16(11)23-17)15-2-5-20-9-12(15)18/h3,7-8,12-15,20H,2,4-6,9-10H2,1H3,(H,21,22,23)/t12-,13+,14+,15+/m0/s1. The van der Waals surface area contributed by atoms with Crippen LogP contribution >= 0.6 is 0 Å². The minimum absolute atomic E-state index is 0.187. The predicted octanol–water partition coefficient (Wildman–Crippen LogP) is 1.09. The second-order valence-electron chi connectivity index (χ2n) is 7.45. The molecule has 0 bridgehead atoms. The van der Waals surface area contributed by atoms with Gasteiger partial charge in [0, 0.05) is 37.4 Å². The van der Waals surface area contributed by atoms with Crippen LogP contribution in [0.4, 0.5) is 14.7 Å². The summed E-state index contributed by atoms with van der Waals surface area (Å²) in [7, 11) is -3.41. The zero-order valence-corrected chi connectivity index (χ0v) is 16.4. The lowest BCUT2D eigenvalue weighted by atomic mass is 10.0. The van der Waals surface area contributed by atoms with E-state index in [1.54, 1.807) is 6.20 Å². The summed E-state index contributed by atoms with van der Waals surface area (Å²) in [5, 5.41) is 6.82. The van der Waals surface area contributed by atoms with E-state index in [1.807, 2.05) is 16.8 Å². The molecule has 154 valence electrons. The van der Waals surface area contributed by atoms with Crippen molar-refractivity contribution in [3.05, 3.63) is 18.5 Å². The molecule has 11 heteroatoms. The SMILES string of the molecule is CS(=O)(=O)N1CC[C@@H](Nc2ncc3ccn([C@@H]4CCNC[C@@H]4F)c3n2)[C@H](F)C1. The van der Waals surface area contributed by atoms with Crippen molar-refractivity contribution in [2.45, 2.75) is 37.3 Å². The van der Waals surface area contributed by atoms with Crippen molar-refractivity contribution in [3.63, 3.8) is 0 Å². The van der Waals surface area contributed by atoms with E-state index in [0.717, 1.165) is 22.5 Å². The minimum atomic E-state index is -3.41. The van der Waals surface area contributed by atoms with Crippen molar-refractivity contribution >= 4 is 27.0 Å². The van der Waals surface area contributed by atoms with Crippen LogP contribution in [0.5, 0.6) is 0 Å². The maximum atomic E-state index is 14.5. The molecular weight excluding hydrogens is 390 g/mol. The van der Waals surface area contributed by atoms with Gasteiger partial charge in [0.05, 0.1) is 18.3 Å². The fourth-order valence-electron chi connectivity index (χ4n) is 3.90. The highest BCUT2D eigenvalue weighted by molar-refractivity contribution is 7.88. The molecule has 0 aromatic carbocycles. The number of hydrogen-bond acceptors (Lipinski definition) is 6. The van der Waals surface area contributed by atoms with Gasteiger partial charge in [0.15, 0.2) is 0 Å². The normalized spacial score (nSPS) is 29.8. The van der Waals surface area contributed by atoms with Gasteiger partial charge in [0.1, 0.15) is 18.0 Å². The van der Waals surface area contributed by atoms with Crippen molar-refractivity contribution in [1.29, 1.82) is 0 Å². The molecule has 4 atom stereocenters. The number of aromatic nitrogens is 3. The van der Waals surface area contributed by atoms with Crippen molar-refractivity contribution in [2.24, 2.45) is 0 Å². The maximum absolute atomic E-state index is 14.5. The third kappa shape index (κ3) is 3.83. The molecule has 0 amide bonds. The van der Waals surface area contributed by atoms with Gasteiger partial charge in [-0.2, -0.15) is 9.29 Å². The number of fused-ring (bicyclic) bond motifs is 1. The van der Waals surface area contributed by atoms with Gasteiger partial charge in [0.2, 0.25) is 16.0 Å². The molecule has 2 aromatic rings. The van der Waals surface area contributed by atoms with Gasteiger partial charge in [0.25, 0.3) is 0 Å². The summed E-state index contributed by atoms with van der Waals surface area (Å²) in [4.78, 5) is 8.74. The lowest BCUT2D eigenvalue weighted by Gasteiger charge is -2.33. The summed E-state index contributed by atoms with van der Waals surface area (Å²) in [6, 6.07) is 0.969. The van der Waals surface area contributed by atoms with Crippen LogP contribution in [0.3, 0.4) is 0 Å². The van der Waals surface area contributed by atoms with Gasteiger partial charge in [-0.25, -0.2) is 22.2 Å². The van der Waals surface area contributed by atoms with Gasteiger partial charge in [-0.1, -0.05) is 0 Å². The van der Waals surface area contributed by atoms with E-state index in [-0.39, 0.29) is 25.1 Å². The van der Waals surface area contributed by atoms with Crippen LogP contribution in [0.1, 0.15) is 18.9 Å². The monoisotopic (exact) mass is 414 g/mol. The molecule has 28 heavy (non-hydrogen) atoms. The second-order valence-corrected chi connectivity index (χ2v) is 9.43. The number of hydrogen-bond donors (Lipinski definition) is 2. The highest BCUT2D eigenvalue weighted by atomic mass is 32.2. The van der Waals surface area contributed by atoms with E-state index in [4.69, 9.17) is 0 Å². The Hall–Kier alpha value is -1.85. The van der Waals surface area contributed by atoms with Gasteiger partial charge in [-0.15, -0.1) is 0 Å². The first kappa shape index (κ1) is 19.5. The summed E-state index contributed by atoms with van der Waals surface area (Å²) in [5.74, 6) is 0.261. The quantitative estimate of drug-likeness (QED) is 0.778. The van der Waals surface area contributed by atoms with Gasteiger partial charge < -0.3 is 15.2 Å². The number of nitrogens with one attached hydrogen (secondary N) is 2. The zero-order valence-electron chi connectivity index (χ0n) is 15.6. The van der Waals surface area contributed by atoms with Gasteiger partial charge in [-0.3, -0.25) is 0 Å². The molecule has 0 aliphatic carbocycles. The van der Waals surface area contributed by atoms with Crippen molar-refractivity contribution in [3.8, 4) is 0 Å². The summed E-state index contributed by atoms with van der Waals surface area (Å²) in [6.45, 7) is 1.11. The molecule has 2 aromatic heterocycles. The summed E-state index contributed by atoms with van der Waals surface area (Å²) in [6.07, 6.45) is 3.13. The first-order valence-electron chi connectivity index (χ1n) is 9.37. The molecule has 2 fully saturated rings. The molecular formula is C17H24F2N6O2S. The Morgan fingerprint density at radius 2 is 2.11 bits per heavy atom. The van der Waals surface area contributed by atoms with E-state index in [0.29, 0.717) is 25.0 Å². The minimum Gasteiger partial charge on any atom is -0.348 e. The van der Waals surface area contributed by atoms with E-state index in [1.165, 1.54) is 0 Å². The number of anilines is 1. The van der Waals surface area contributed by atoms with Crippen LogP contribution in [-0.2, 0) is 10.0 Å². The van der Waals surface area contributed by atoms with Crippen LogP contribution in [0.25, 0.3) is 11.0 Å².